The minimum Gasteiger partial charge on any atom is -0.317 e. The van der Waals surface area contributed by atoms with E-state index in [9.17, 15) is 0 Å². The zero-order valence-electron chi connectivity index (χ0n) is 15.6. The normalized spacial score (nSPS) is 18.8. The average molecular weight is 372 g/mol. The van der Waals surface area contributed by atoms with E-state index in [1.54, 1.807) is 0 Å². The Morgan fingerprint density at radius 1 is 1.19 bits per heavy atom. The van der Waals surface area contributed by atoms with E-state index in [0.29, 0.717) is 5.92 Å². The van der Waals surface area contributed by atoms with Crippen LogP contribution >= 0.6 is 11.7 Å². The fourth-order valence-corrected chi connectivity index (χ4v) is 4.26. The molecular formula is C18H25N7S. The van der Waals surface area contributed by atoms with Gasteiger partial charge in [-0.1, -0.05) is 6.07 Å². The number of nitrogens with zero attached hydrogens (tertiary/aromatic N) is 7. The lowest BCUT2D eigenvalue weighted by Gasteiger charge is -2.32. The van der Waals surface area contributed by atoms with Crippen LogP contribution in [0.15, 0.2) is 18.2 Å². The Hall–Kier alpha value is -1.90. The van der Waals surface area contributed by atoms with Crippen molar-refractivity contribution in [1.29, 1.82) is 0 Å². The maximum atomic E-state index is 4.51. The van der Waals surface area contributed by atoms with Gasteiger partial charge in [0.2, 0.25) is 0 Å². The molecule has 0 bridgehead atoms. The largest absolute Gasteiger partial charge is 0.317 e. The topological polar surface area (TPSA) is 63.0 Å². The Morgan fingerprint density at radius 3 is 2.88 bits per heavy atom. The molecular weight excluding hydrogens is 346 g/mol. The van der Waals surface area contributed by atoms with Gasteiger partial charge in [-0.25, -0.2) is 0 Å². The molecule has 1 atom stereocenters. The number of hydrogen-bond acceptors (Lipinski definition) is 7. The Bertz CT molecular complexity index is 885. The summed E-state index contributed by atoms with van der Waals surface area (Å²) >= 11 is 1.28. The van der Waals surface area contributed by atoms with Gasteiger partial charge in [-0.2, -0.15) is 8.75 Å². The van der Waals surface area contributed by atoms with Crippen LogP contribution in [0.4, 0.5) is 0 Å². The predicted molar refractivity (Wildman–Crippen MR) is 103 cm³/mol. The maximum absolute atomic E-state index is 4.51. The van der Waals surface area contributed by atoms with Gasteiger partial charge >= 0.3 is 0 Å². The minimum atomic E-state index is 0.446. The van der Waals surface area contributed by atoms with E-state index in [2.05, 4.69) is 72.7 Å². The summed E-state index contributed by atoms with van der Waals surface area (Å²) in [6, 6.07) is 6.41. The summed E-state index contributed by atoms with van der Waals surface area (Å²) in [6.45, 7) is 3.93. The van der Waals surface area contributed by atoms with Gasteiger partial charge in [0.05, 0.1) is 18.3 Å². The Kier molecular flexibility index (Phi) is 4.97. The van der Waals surface area contributed by atoms with Crippen molar-refractivity contribution in [3.63, 3.8) is 0 Å². The van der Waals surface area contributed by atoms with E-state index in [1.807, 2.05) is 0 Å². The van der Waals surface area contributed by atoms with Crippen molar-refractivity contribution in [2.45, 2.75) is 31.8 Å². The van der Waals surface area contributed by atoms with Crippen LogP contribution in [0.25, 0.3) is 11.0 Å². The molecule has 0 unspecified atom stereocenters. The second-order valence-electron chi connectivity index (χ2n) is 7.43. The Labute approximate surface area is 158 Å². The van der Waals surface area contributed by atoms with Crippen LogP contribution in [0.1, 0.15) is 36.0 Å². The summed E-state index contributed by atoms with van der Waals surface area (Å²) in [7, 11) is 6.22. The molecule has 1 aromatic carbocycles. The molecule has 1 aliphatic rings. The fourth-order valence-electron chi connectivity index (χ4n) is 3.75. The maximum Gasteiger partial charge on any atom is 0.146 e. The molecule has 1 fully saturated rings. The molecule has 3 aromatic rings. The number of rotatable bonds is 5. The van der Waals surface area contributed by atoms with Gasteiger partial charge in [-0.05, 0) is 51.2 Å². The summed E-state index contributed by atoms with van der Waals surface area (Å²) < 4.78 is 10.8. The highest BCUT2D eigenvalue weighted by Gasteiger charge is 2.26. The number of fused-ring (bicyclic) bond motifs is 1. The third kappa shape index (κ3) is 3.62. The second-order valence-corrected chi connectivity index (χ2v) is 7.96. The van der Waals surface area contributed by atoms with E-state index in [4.69, 9.17) is 0 Å². The molecule has 3 heterocycles. The molecule has 1 aliphatic heterocycles. The van der Waals surface area contributed by atoms with Gasteiger partial charge in [-0.15, -0.1) is 10.2 Å². The lowest BCUT2D eigenvalue weighted by Crippen LogP contribution is -2.34. The van der Waals surface area contributed by atoms with Crippen molar-refractivity contribution in [1.82, 2.24) is 33.3 Å². The van der Waals surface area contributed by atoms with Crippen molar-refractivity contribution < 1.29 is 0 Å². The monoisotopic (exact) mass is 371 g/mol. The third-order valence-corrected chi connectivity index (χ3v) is 5.61. The molecule has 0 N–H and O–H groups in total. The lowest BCUT2D eigenvalue weighted by atomic mass is 9.96. The quantitative estimate of drug-likeness (QED) is 0.686. The summed E-state index contributed by atoms with van der Waals surface area (Å²) in [5.74, 6) is 2.59. The Balaban J connectivity index is 1.46. The van der Waals surface area contributed by atoms with E-state index in [1.165, 1.54) is 30.1 Å². The third-order valence-electron chi connectivity index (χ3n) is 5.05. The van der Waals surface area contributed by atoms with Gasteiger partial charge < -0.3 is 9.47 Å². The Morgan fingerprint density at radius 2 is 2.04 bits per heavy atom. The molecule has 26 heavy (non-hydrogen) atoms. The number of hydrogen-bond donors (Lipinski definition) is 0. The van der Waals surface area contributed by atoms with Crippen LogP contribution in [0, 0.1) is 0 Å². The number of likely N-dealkylation sites (tertiary alicyclic amines) is 1. The van der Waals surface area contributed by atoms with Crippen molar-refractivity contribution in [2.24, 2.45) is 7.05 Å². The molecule has 1 saturated heterocycles. The lowest BCUT2D eigenvalue weighted by molar-refractivity contribution is 0.195. The van der Waals surface area contributed by atoms with Crippen LogP contribution in [-0.4, -0.2) is 60.5 Å². The highest BCUT2D eigenvalue weighted by Crippen LogP contribution is 2.27. The van der Waals surface area contributed by atoms with Gasteiger partial charge in [0, 0.05) is 26.1 Å². The first kappa shape index (κ1) is 17.5. The number of benzene rings is 1. The minimum absolute atomic E-state index is 0.446. The SMILES string of the molecule is CN(C)Cc1nnc([C@@H]2CCCN(Cc3ccc4nsnc4c3)C2)n1C. The van der Waals surface area contributed by atoms with Gasteiger partial charge in [0.15, 0.2) is 0 Å². The zero-order valence-corrected chi connectivity index (χ0v) is 16.4. The van der Waals surface area contributed by atoms with Crippen molar-refractivity contribution in [2.75, 3.05) is 27.2 Å². The van der Waals surface area contributed by atoms with Crippen LogP contribution in [0.2, 0.25) is 0 Å². The highest BCUT2D eigenvalue weighted by molar-refractivity contribution is 7.00. The van der Waals surface area contributed by atoms with E-state index in [0.717, 1.165) is 48.9 Å². The van der Waals surface area contributed by atoms with E-state index < -0.39 is 0 Å². The van der Waals surface area contributed by atoms with E-state index in [-0.39, 0.29) is 0 Å². The van der Waals surface area contributed by atoms with Crippen LogP contribution in [0.5, 0.6) is 0 Å². The highest BCUT2D eigenvalue weighted by atomic mass is 32.1. The molecule has 0 aliphatic carbocycles. The molecule has 0 amide bonds. The fraction of sp³-hybridized carbons (Fsp3) is 0.556. The average Bonchev–Trinajstić information content (AvgIpc) is 3.22. The summed E-state index contributed by atoms with van der Waals surface area (Å²) in [6.07, 6.45) is 2.38. The van der Waals surface area contributed by atoms with Crippen LogP contribution < -0.4 is 0 Å². The van der Waals surface area contributed by atoms with Gasteiger partial charge in [-0.3, -0.25) is 4.90 Å². The first-order valence-electron chi connectivity index (χ1n) is 9.06. The van der Waals surface area contributed by atoms with Gasteiger partial charge in [0.1, 0.15) is 22.7 Å². The second kappa shape index (κ2) is 7.38. The standard InChI is InChI=1S/C18H25N7S/c1-23(2)12-17-19-20-18(24(17)3)14-5-4-8-25(11-14)10-13-6-7-15-16(9-13)22-26-21-15/h6-7,9,14H,4-5,8,10-12H2,1-3H3/t14-/m1/s1. The molecule has 7 nitrogen and oxygen atoms in total. The predicted octanol–water partition coefficient (Wildman–Crippen LogP) is 2.26. The van der Waals surface area contributed by atoms with Crippen molar-refractivity contribution >= 4 is 22.8 Å². The molecule has 0 radical (unpaired) electrons. The first-order chi connectivity index (χ1) is 12.6. The molecule has 8 heteroatoms. The summed E-state index contributed by atoms with van der Waals surface area (Å²) in [5.41, 5.74) is 3.29. The molecule has 4 rings (SSSR count). The molecule has 0 spiro atoms. The number of aromatic nitrogens is 5. The smallest absolute Gasteiger partial charge is 0.146 e. The van der Waals surface area contributed by atoms with Crippen LogP contribution in [-0.2, 0) is 20.1 Å². The first-order valence-corrected chi connectivity index (χ1v) is 9.79. The zero-order chi connectivity index (χ0) is 18.1. The summed E-state index contributed by atoms with van der Waals surface area (Å²) in [5, 5.41) is 8.92. The molecule has 0 saturated carbocycles. The van der Waals surface area contributed by atoms with Crippen molar-refractivity contribution in [3.8, 4) is 0 Å². The van der Waals surface area contributed by atoms with Crippen molar-refractivity contribution in [3.05, 3.63) is 35.4 Å². The van der Waals surface area contributed by atoms with Crippen LogP contribution in [0.3, 0.4) is 0 Å². The molecule has 138 valence electrons. The van der Waals surface area contributed by atoms with E-state index >= 15 is 0 Å². The summed E-state index contributed by atoms with van der Waals surface area (Å²) in [4.78, 5) is 4.65. The number of piperidine rings is 1. The molecule has 2 aromatic heterocycles. The van der Waals surface area contributed by atoms with Gasteiger partial charge in [0.25, 0.3) is 0 Å².